The number of benzene rings is 1. The van der Waals surface area contributed by atoms with Gasteiger partial charge in [0.25, 0.3) is 5.91 Å². The van der Waals surface area contributed by atoms with E-state index in [2.05, 4.69) is 26.4 Å². The normalized spacial score (nSPS) is 10.3. The molecule has 0 aliphatic rings. The van der Waals surface area contributed by atoms with Crippen LogP contribution >= 0.6 is 15.9 Å². The second-order valence-corrected chi connectivity index (χ2v) is 4.69. The summed E-state index contributed by atoms with van der Waals surface area (Å²) in [6.45, 7) is 2.03. The van der Waals surface area contributed by atoms with Crippen LogP contribution in [0.15, 0.2) is 33.3 Å². The molecule has 5 nitrogen and oxygen atoms in total. The number of hydrogen-bond acceptors (Lipinski definition) is 4. The molecule has 2 aromatic rings. The van der Waals surface area contributed by atoms with Gasteiger partial charge in [0.2, 0.25) is 0 Å². The highest BCUT2D eigenvalue weighted by Gasteiger charge is 2.11. The summed E-state index contributed by atoms with van der Waals surface area (Å²) in [6, 6.07) is 6.43. The topological polar surface area (TPSA) is 75.4 Å². The number of rotatable bonds is 3. The quantitative estimate of drug-likeness (QED) is 0.912. The summed E-state index contributed by atoms with van der Waals surface area (Å²) in [7, 11) is 0. The van der Waals surface area contributed by atoms with E-state index in [1.165, 1.54) is 6.07 Å². The molecule has 0 saturated heterocycles. The van der Waals surface area contributed by atoms with Gasteiger partial charge in [-0.1, -0.05) is 21.1 Å². The molecular weight excluding hydrogens is 300 g/mol. The van der Waals surface area contributed by atoms with Crippen molar-refractivity contribution in [2.45, 2.75) is 13.5 Å². The van der Waals surface area contributed by atoms with E-state index in [0.717, 1.165) is 5.69 Å². The van der Waals surface area contributed by atoms with Gasteiger partial charge in [0.15, 0.2) is 5.76 Å². The number of phenols is 1. The second-order valence-electron chi connectivity index (χ2n) is 3.78. The predicted octanol–water partition coefficient (Wildman–Crippen LogP) is 2.38. The van der Waals surface area contributed by atoms with Gasteiger partial charge in [0, 0.05) is 10.5 Å². The minimum atomic E-state index is -0.367. The second kappa shape index (κ2) is 5.22. The first-order valence-corrected chi connectivity index (χ1v) is 6.04. The van der Waals surface area contributed by atoms with Crippen molar-refractivity contribution >= 4 is 21.8 Å². The molecule has 0 aliphatic heterocycles. The molecule has 0 radical (unpaired) electrons. The Bertz CT molecular complexity index is 580. The third-order valence-electron chi connectivity index (χ3n) is 2.30. The number of nitrogens with one attached hydrogen (secondary N) is 1. The maximum Gasteiger partial charge on any atom is 0.255 e. The number of amides is 1. The average molecular weight is 311 g/mol. The number of carbonyl (C=O) groups is 1. The summed E-state index contributed by atoms with van der Waals surface area (Å²) in [5.74, 6) is 0.127. The van der Waals surface area contributed by atoms with Crippen molar-refractivity contribution < 1.29 is 14.4 Å². The number of aromatic nitrogens is 1. The van der Waals surface area contributed by atoms with Crippen LogP contribution in [0.3, 0.4) is 0 Å². The van der Waals surface area contributed by atoms with E-state index >= 15 is 0 Å². The van der Waals surface area contributed by atoms with E-state index in [-0.39, 0.29) is 23.8 Å². The van der Waals surface area contributed by atoms with Gasteiger partial charge in [-0.05, 0) is 25.1 Å². The molecule has 0 unspecified atom stereocenters. The molecule has 2 N–H and O–H groups in total. The van der Waals surface area contributed by atoms with Crippen LogP contribution in [0.4, 0.5) is 0 Å². The van der Waals surface area contributed by atoms with Crippen molar-refractivity contribution in [3.05, 3.63) is 45.8 Å². The summed E-state index contributed by atoms with van der Waals surface area (Å²) >= 11 is 3.21. The van der Waals surface area contributed by atoms with Gasteiger partial charge in [-0.25, -0.2) is 0 Å². The smallest absolute Gasteiger partial charge is 0.255 e. The highest BCUT2D eigenvalue weighted by molar-refractivity contribution is 9.10. The molecule has 0 atom stereocenters. The standard InChI is InChI=1S/C12H11BrN2O3/c1-7-4-9(18-15-7)6-14-12(17)10-3-2-8(13)5-11(10)16/h2-5,16H,6H2,1H3,(H,14,17). The number of aromatic hydroxyl groups is 1. The third kappa shape index (κ3) is 2.89. The first-order valence-electron chi connectivity index (χ1n) is 5.25. The van der Waals surface area contributed by atoms with Crippen molar-refractivity contribution in [3.63, 3.8) is 0 Å². The monoisotopic (exact) mass is 310 g/mol. The summed E-state index contributed by atoms with van der Waals surface area (Å²) in [4.78, 5) is 11.8. The zero-order chi connectivity index (χ0) is 13.1. The lowest BCUT2D eigenvalue weighted by Crippen LogP contribution is -2.22. The molecule has 0 bridgehead atoms. The number of carbonyl (C=O) groups excluding carboxylic acids is 1. The van der Waals surface area contributed by atoms with Crippen molar-refractivity contribution in [3.8, 4) is 5.75 Å². The predicted molar refractivity (Wildman–Crippen MR) is 68.2 cm³/mol. The fourth-order valence-corrected chi connectivity index (χ4v) is 1.81. The lowest BCUT2D eigenvalue weighted by molar-refractivity contribution is 0.0944. The molecule has 2 rings (SSSR count). The van der Waals surface area contributed by atoms with E-state index in [9.17, 15) is 9.90 Å². The summed E-state index contributed by atoms with van der Waals surface area (Å²) in [5.41, 5.74) is 0.972. The minimum absolute atomic E-state index is 0.0735. The molecule has 1 amide bonds. The SMILES string of the molecule is Cc1cc(CNC(=O)c2ccc(Br)cc2O)on1. The lowest BCUT2D eigenvalue weighted by atomic mass is 10.2. The zero-order valence-electron chi connectivity index (χ0n) is 9.61. The Morgan fingerprint density at radius 3 is 2.89 bits per heavy atom. The Kier molecular flexibility index (Phi) is 3.66. The van der Waals surface area contributed by atoms with Gasteiger partial charge in [0.1, 0.15) is 5.75 Å². The molecule has 0 fully saturated rings. The number of aryl methyl sites for hydroxylation is 1. The van der Waals surface area contributed by atoms with Crippen molar-refractivity contribution in [2.75, 3.05) is 0 Å². The van der Waals surface area contributed by atoms with Crippen LogP contribution in [0.5, 0.6) is 5.75 Å². The molecule has 1 aromatic carbocycles. The Hall–Kier alpha value is -1.82. The van der Waals surface area contributed by atoms with E-state index in [4.69, 9.17) is 4.52 Å². The van der Waals surface area contributed by atoms with E-state index in [0.29, 0.717) is 10.2 Å². The van der Waals surface area contributed by atoms with Crippen molar-refractivity contribution in [2.24, 2.45) is 0 Å². The molecule has 18 heavy (non-hydrogen) atoms. The lowest BCUT2D eigenvalue weighted by Gasteiger charge is -2.05. The maximum atomic E-state index is 11.8. The Balaban J connectivity index is 2.03. The highest BCUT2D eigenvalue weighted by Crippen LogP contribution is 2.22. The Labute approximate surface area is 112 Å². The van der Waals surface area contributed by atoms with E-state index in [1.807, 2.05) is 0 Å². The molecular formula is C12H11BrN2O3. The van der Waals surface area contributed by atoms with Gasteiger partial charge in [-0.15, -0.1) is 0 Å². The maximum absolute atomic E-state index is 11.8. The van der Waals surface area contributed by atoms with Gasteiger partial charge >= 0.3 is 0 Å². The number of halogens is 1. The van der Waals surface area contributed by atoms with Crippen LogP contribution in [0.2, 0.25) is 0 Å². The van der Waals surface area contributed by atoms with E-state index in [1.54, 1.807) is 25.1 Å². The first-order chi connectivity index (χ1) is 8.56. The zero-order valence-corrected chi connectivity index (χ0v) is 11.2. The molecule has 0 aliphatic carbocycles. The van der Waals surface area contributed by atoms with Crippen LogP contribution in [0.25, 0.3) is 0 Å². The fourth-order valence-electron chi connectivity index (χ4n) is 1.46. The number of nitrogens with zero attached hydrogens (tertiary/aromatic N) is 1. The summed E-state index contributed by atoms with van der Waals surface area (Å²) in [6.07, 6.45) is 0. The third-order valence-corrected chi connectivity index (χ3v) is 2.80. The number of hydrogen-bond donors (Lipinski definition) is 2. The number of phenolic OH excluding ortho intramolecular Hbond substituents is 1. The minimum Gasteiger partial charge on any atom is -0.507 e. The van der Waals surface area contributed by atoms with Crippen LogP contribution < -0.4 is 5.32 Å². The molecule has 94 valence electrons. The Morgan fingerprint density at radius 2 is 2.28 bits per heavy atom. The van der Waals surface area contributed by atoms with Crippen LogP contribution in [0, 0.1) is 6.92 Å². The van der Waals surface area contributed by atoms with Gasteiger partial charge in [-0.2, -0.15) is 0 Å². The van der Waals surface area contributed by atoms with Crippen LogP contribution in [0.1, 0.15) is 21.8 Å². The van der Waals surface area contributed by atoms with Crippen molar-refractivity contribution in [1.82, 2.24) is 10.5 Å². The average Bonchev–Trinajstić information content (AvgIpc) is 2.72. The van der Waals surface area contributed by atoms with Gasteiger partial charge < -0.3 is 14.9 Å². The Morgan fingerprint density at radius 1 is 1.50 bits per heavy atom. The molecule has 6 heteroatoms. The highest BCUT2D eigenvalue weighted by atomic mass is 79.9. The summed E-state index contributed by atoms with van der Waals surface area (Å²) < 4.78 is 5.68. The fraction of sp³-hybridized carbons (Fsp3) is 0.167. The van der Waals surface area contributed by atoms with Crippen LogP contribution in [-0.2, 0) is 6.54 Å². The summed E-state index contributed by atoms with van der Waals surface area (Å²) in [5, 5.41) is 16.0. The molecule has 0 spiro atoms. The van der Waals surface area contributed by atoms with Crippen molar-refractivity contribution in [1.29, 1.82) is 0 Å². The van der Waals surface area contributed by atoms with Gasteiger partial charge in [-0.3, -0.25) is 4.79 Å². The van der Waals surface area contributed by atoms with Crippen LogP contribution in [-0.4, -0.2) is 16.2 Å². The molecule has 1 heterocycles. The molecule has 1 aromatic heterocycles. The van der Waals surface area contributed by atoms with E-state index < -0.39 is 0 Å². The first kappa shape index (κ1) is 12.6. The largest absolute Gasteiger partial charge is 0.507 e. The molecule has 0 saturated carbocycles. The van der Waals surface area contributed by atoms with Gasteiger partial charge in [0.05, 0.1) is 17.8 Å².